The first kappa shape index (κ1) is 7.14. The second-order valence-corrected chi connectivity index (χ2v) is 3.32. The van der Waals surface area contributed by atoms with E-state index in [-0.39, 0.29) is 0 Å². The van der Waals surface area contributed by atoms with Crippen LogP contribution in [-0.4, -0.2) is 7.05 Å². The molecule has 0 spiro atoms. The van der Waals surface area contributed by atoms with E-state index in [1.165, 1.54) is 11.1 Å². The van der Waals surface area contributed by atoms with E-state index in [0.29, 0.717) is 6.04 Å². The van der Waals surface area contributed by atoms with Crippen molar-refractivity contribution in [2.45, 2.75) is 12.5 Å². The third-order valence-electron chi connectivity index (χ3n) is 2.26. The summed E-state index contributed by atoms with van der Waals surface area (Å²) in [6, 6.07) is 6.63. The summed E-state index contributed by atoms with van der Waals surface area (Å²) >= 11 is 5.85. The maximum atomic E-state index is 5.85. The van der Waals surface area contributed by atoms with Crippen LogP contribution in [0, 0.1) is 0 Å². The fourth-order valence-corrected chi connectivity index (χ4v) is 1.71. The van der Waals surface area contributed by atoms with Crippen molar-refractivity contribution >= 4 is 11.6 Å². The third-order valence-corrected chi connectivity index (χ3v) is 2.49. The lowest BCUT2D eigenvalue weighted by molar-refractivity contribution is 0.530. The molecule has 0 fully saturated rings. The van der Waals surface area contributed by atoms with Crippen LogP contribution in [-0.2, 0) is 6.42 Å². The number of benzene rings is 1. The number of nitrogens with one attached hydrogen (secondary N) is 1. The highest BCUT2D eigenvalue weighted by Crippen LogP contribution is 2.34. The van der Waals surface area contributed by atoms with Gasteiger partial charge in [0.15, 0.2) is 0 Å². The van der Waals surface area contributed by atoms with E-state index in [4.69, 9.17) is 11.6 Å². The quantitative estimate of drug-likeness (QED) is 0.676. The average molecular weight is 168 g/mol. The van der Waals surface area contributed by atoms with Crippen molar-refractivity contribution in [1.82, 2.24) is 5.32 Å². The minimum absolute atomic E-state index is 0.531. The van der Waals surface area contributed by atoms with Crippen LogP contribution in [0.3, 0.4) is 0 Å². The highest BCUT2D eigenvalue weighted by Gasteiger charge is 2.23. The minimum atomic E-state index is 0.531. The topological polar surface area (TPSA) is 12.0 Å². The molecule has 0 amide bonds. The molecule has 1 unspecified atom stereocenters. The van der Waals surface area contributed by atoms with E-state index >= 15 is 0 Å². The highest BCUT2D eigenvalue weighted by molar-refractivity contribution is 6.30. The Hall–Kier alpha value is -0.530. The van der Waals surface area contributed by atoms with Crippen LogP contribution < -0.4 is 5.32 Å². The van der Waals surface area contributed by atoms with Gasteiger partial charge in [0.05, 0.1) is 0 Å². The van der Waals surface area contributed by atoms with E-state index in [9.17, 15) is 0 Å². The van der Waals surface area contributed by atoms with Crippen LogP contribution in [0.5, 0.6) is 0 Å². The molecule has 0 aromatic heterocycles. The van der Waals surface area contributed by atoms with E-state index in [2.05, 4.69) is 11.4 Å². The largest absolute Gasteiger partial charge is 0.313 e. The molecule has 11 heavy (non-hydrogen) atoms. The summed E-state index contributed by atoms with van der Waals surface area (Å²) in [5, 5.41) is 4.06. The van der Waals surface area contributed by atoms with Gasteiger partial charge in [-0.05, 0) is 36.7 Å². The number of halogens is 1. The predicted octanol–water partition coefficient (Wildman–Crippen LogP) is 2.16. The summed E-state index contributed by atoms with van der Waals surface area (Å²) in [6.45, 7) is 0. The summed E-state index contributed by atoms with van der Waals surface area (Å²) in [5.41, 5.74) is 2.79. The molecule has 0 aliphatic heterocycles. The molecule has 2 heteroatoms. The van der Waals surface area contributed by atoms with E-state index in [1.54, 1.807) is 0 Å². The summed E-state index contributed by atoms with van der Waals surface area (Å²) in [7, 11) is 1.98. The molecule has 1 atom stereocenters. The van der Waals surface area contributed by atoms with E-state index < -0.39 is 0 Å². The normalized spacial score (nSPS) is 20.7. The minimum Gasteiger partial charge on any atom is -0.313 e. The SMILES string of the molecule is CNC1Cc2ccc(Cl)cc21. The van der Waals surface area contributed by atoms with Gasteiger partial charge in [-0.2, -0.15) is 0 Å². The molecular formula is C9H10ClN. The number of fused-ring (bicyclic) bond motifs is 1. The first-order valence-corrected chi connectivity index (χ1v) is 4.14. The average Bonchev–Trinajstić information content (AvgIpc) is 1.97. The lowest BCUT2D eigenvalue weighted by atomic mass is 9.83. The van der Waals surface area contributed by atoms with Gasteiger partial charge in [0.1, 0.15) is 0 Å². The lowest BCUT2D eigenvalue weighted by Crippen LogP contribution is -2.28. The van der Waals surface area contributed by atoms with E-state index in [0.717, 1.165) is 11.4 Å². The van der Waals surface area contributed by atoms with Crippen LogP contribution in [0.15, 0.2) is 18.2 Å². The standard InChI is InChI=1S/C9H10ClN/c1-11-9-4-6-2-3-7(10)5-8(6)9/h2-3,5,9,11H,4H2,1H3. The van der Waals surface area contributed by atoms with Gasteiger partial charge in [0.2, 0.25) is 0 Å². The summed E-state index contributed by atoms with van der Waals surface area (Å²) in [5.74, 6) is 0. The molecule has 1 aromatic carbocycles. The molecule has 2 rings (SSSR count). The van der Waals surface area contributed by atoms with Gasteiger partial charge in [0, 0.05) is 11.1 Å². The molecule has 1 nitrogen and oxygen atoms in total. The fraction of sp³-hybridized carbons (Fsp3) is 0.333. The lowest BCUT2D eigenvalue weighted by Gasteiger charge is -2.29. The number of hydrogen-bond donors (Lipinski definition) is 1. The molecule has 1 aliphatic rings. The molecule has 0 heterocycles. The first-order valence-electron chi connectivity index (χ1n) is 3.77. The van der Waals surface area contributed by atoms with Crippen LogP contribution in [0.4, 0.5) is 0 Å². The monoisotopic (exact) mass is 167 g/mol. The Morgan fingerprint density at radius 1 is 1.55 bits per heavy atom. The molecule has 1 aliphatic carbocycles. The maximum absolute atomic E-state index is 5.85. The molecule has 0 saturated heterocycles. The van der Waals surface area contributed by atoms with Gasteiger partial charge >= 0.3 is 0 Å². The first-order chi connectivity index (χ1) is 5.31. The molecule has 1 aromatic rings. The smallest absolute Gasteiger partial charge is 0.0409 e. The van der Waals surface area contributed by atoms with Crippen molar-refractivity contribution in [1.29, 1.82) is 0 Å². The molecular weight excluding hydrogens is 158 g/mol. The zero-order chi connectivity index (χ0) is 7.84. The molecule has 1 N–H and O–H groups in total. The van der Waals surface area contributed by atoms with Crippen LogP contribution >= 0.6 is 11.6 Å². The van der Waals surface area contributed by atoms with Crippen LogP contribution in [0.1, 0.15) is 17.2 Å². The Labute approximate surface area is 71.4 Å². The van der Waals surface area contributed by atoms with Crippen molar-refractivity contribution in [2.75, 3.05) is 7.05 Å². The zero-order valence-corrected chi connectivity index (χ0v) is 7.15. The third kappa shape index (κ3) is 1.05. The predicted molar refractivity (Wildman–Crippen MR) is 47.0 cm³/mol. The van der Waals surface area contributed by atoms with Crippen LogP contribution in [0.25, 0.3) is 0 Å². The van der Waals surface area contributed by atoms with Crippen molar-refractivity contribution in [3.8, 4) is 0 Å². The Kier molecular flexibility index (Phi) is 1.63. The fourth-order valence-electron chi connectivity index (χ4n) is 1.53. The van der Waals surface area contributed by atoms with E-state index in [1.807, 2.05) is 19.2 Å². The van der Waals surface area contributed by atoms with Crippen molar-refractivity contribution in [3.63, 3.8) is 0 Å². The molecule has 58 valence electrons. The van der Waals surface area contributed by atoms with Crippen LogP contribution in [0.2, 0.25) is 5.02 Å². The van der Waals surface area contributed by atoms with Gasteiger partial charge in [-0.25, -0.2) is 0 Å². The Balaban J connectivity index is 2.37. The highest BCUT2D eigenvalue weighted by atomic mass is 35.5. The second kappa shape index (κ2) is 2.50. The Morgan fingerprint density at radius 3 is 3.09 bits per heavy atom. The van der Waals surface area contributed by atoms with Gasteiger partial charge in [0.25, 0.3) is 0 Å². The summed E-state index contributed by atoms with van der Waals surface area (Å²) < 4.78 is 0. The van der Waals surface area contributed by atoms with Gasteiger partial charge in [-0.15, -0.1) is 0 Å². The summed E-state index contributed by atoms with van der Waals surface area (Å²) in [4.78, 5) is 0. The van der Waals surface area contributed by atoms with Crippen molar-refractivity contribution in [2.24, 2.45) is 0 Å². The molecule has 0 saturated carbocycles. The van der Waals surface area contributed by atoms with Gasteiger partial charge in [-0.1, -0.05) is 17.7 Å². The maximum Gasteiger partial charge on any atom is 0.0409 e. The van der Waals surface area contributed by atoms with Gasteiger partial charge in [-0.3, -0.25) is 0 Å². The summed E-state index contributed by atoms with van der Waals surface area (Å²) in [6.07, 6.45) is 1.14. The molecule has 0 radical (unpaired) electrons. The Morgan fingerprint density at radius 2 is 2.36 bits per heavy atom. The van der Waals surface area contributed by atoms with Crippen molar-refractivity contribution < 1.29 is 0 Å². The number of rotatable bonds is 1. The van der Waals surface area contributed by atoms with Gasteiger partial charge < -0.3 is 5.32 Å². The second-order valence-electron chi connectivity index (χ2n) is 2.89. The number of likely N-dealkylation sites (N-methyl/N-ethyl adjacent to an activating group) is 1. The molecule has 0 bridgehead atoms. The zero-order valence-electron chi connectivity index (χ0n) is 6.39. The van der Waals surface area contributed by atoms with Crippen molar-refractivity contribution in [3.05, 3.63) is 34.3 Å². The Bertz CT molecular complexity index is 283. The number of hydrogen-bond acceptors (Lipinski definition) is 1.